The number of rotatable bonds is 0. The molecule has 0 aromatic carbocycles. The second-order valence-corrected chi connectivity index (χ2v) is 4.80. The zero-order valence-corrected chi connectivity index (χ0v) is 11.3. The molecule has 0 fully saturated rings. The van der Waals surface area contributed by atoms with E-state index in [-0.39, 0.29) is 5.43 Å². The van der Waals surface area contributed by atoms with Gasteiger partial charge in [0.25, 0.3) is 0 Å². The van der Waals surface area contributed by atoms with Crippen LogP contribution in [-0.2, 0) is 0 Å². The van der Waals surface area contributed by atoms with Crippen molar-refractivity contribution in [3.05, 3.63) is 69.9 Å². The maximum Gasteiger partial charge on any atom is 0.178 e. The van der Waals surface area contributed by atoms with E-state index in [1.54, 1.807) is 12.1 Å². The summed E-state index contributed by atoms with van der Waals surface area (Å²) in [4.78, 5) is 11.7. The van der Waals surface area contributed by atoms with Crippen LogP contribution in [0.2, 0.25) is 0 Å². The minimum absolute atomic E-state index is 0.109. The quantitative estimate of drug-likeness (QED) is 0.610. The summed E-state index contributed by atoms with van der Waals surface area (Å²) < 4.78 is 11.4. The zero-order valence-electron chi connectivity index (χ0n) is 11.3. The molecule has 0 aliphatic heterocycles. The number of fused-ring (bicyclic) bond motifs is 4. The zero-order chi connectivity index (χ0) is 14.1. The molecule has 3 heterocycles. The highest BCUT2D eigenvalue weighted by Gasteiger charge is 2.01. The normalized spacial score (nSPS) is 10.7. The molecule has 0 radical (unpaired) electrons. The van der Waals surface area contributed by atoms with Gasteiger partial charge in [0, 0.05) is 0 Å². The van der Waals surface area contributed by atoms with Crippen LogP contribution in [0.1, 0.15) is 11.1 Å². The van der Waals surface area contributed by atoms with E-state index in [0.717, 1.165) is 22.3 Å². The molecule has 0 spiro atoms. The van der Waals surface area contributed by atoms with Crippen LogP contribution in [-0.4, -0.2) is 0 Å². The van der Waals surface area contributed by atoms with E-state index < -0.39 is 0 Å². The third-order valence-corrected chi connectivity index (χ3v) is 3.13. The first-order chi connectivity index (χ1) is 9.61. The summed E-state index contributed by atoms with van der Waals surface area (Å²) in [5.74, 6) is 0. The van der Waals surface area contributed by atoms with E-state index in [9.17, 15) is 4.79 Å². The Morgan fingerprint density at radius 1 is 0.700 bits per heavy atom. The largest absolute Gasteiger partial charge is 0.457 e. The van der Waals surface area contributed by atoms with Gasteiger partial charge in [0.1, 0.15) is 22.3 Å². The second kappa shape index (κ2) is 4.85. The molecule has 0 saturated carbocycles. The maximum absolute atomic E-state index is 11.7. The van der Waals surface area contributed by atoms with Gasteiger partial charge in [-0.05, 0) is 73.5 Å². The highest BCUT2D eigenvalue weighted by Crippen LogP contribution is 2.20. The van der Waals surface area contributed by atoms with Gasteiger partial charge in [0.05, 0.1) is 0 Å². The fourth-order valence-corrected chi connectivity index (χ4v) is 2.18. The Morgan fingerprint density at radius 2 is 1.20 bits per heavy atom. The predicted molar refractivity (Wildman–Crippen MR) is 79.4 cm³/mol. The van der Waals surface area contributed by atoms with E-state index >= 15 is 0 Å². The van der Waals surface area contributed by atoms with Crippen LogP contribution < -0.4 is 5.43 Å². The minimum Gasteiger partial charge on any atom is -0.457 e. The van der Waals surface area contributed by atoms with Crippen molar-refractivity contribution in [2.45, 2.75) is 13.8 Å². The molecule has 0 amide bonds. The van der Waals surface area contributed by atoms with Crippen LogP contribution in [0.25, 0.3) is 22.3 Å². The number of aryl methyl sites for hydroxylation is 2. The Labute approximate surface area is 115 Å². The van der Waals surface area contributed by atoms with Gasteiger partial charge in [-0.3, -0.25) is 4.79 Å². The molecule has 0 unspecified atom stereocenters. The van der Waals surface area contributed by atoms with Gasteiger partial charge in [0.15, 0.2) is 5.43 Å². The topological polar surface area (TPSA) is 43.4 Å². The van der Waals surface area contributed by atoms with Crippen molar-refractivity contribution in [3.8, 4) is 0 Å². The third kappa shape index (κ3) is 2.43. The molecule has 0 N–H and O–H groups in total. The van der Waals surface area contributed by atoms with Crippen LogP contribution >= 0.6 is 0 Å². The van der Waals surface area contributed by atoms with Crippen molar-refractivity contribution in [3.63, 3.8) is 0 Å². The lowest BCUT2D eigenvalue weighted by molar-refractivity contribution is 0.657. The van der Waals surface area contributed by atoms with Crippen molar-refractivity contribution < 1.29 is 8.83 Å². The van der Waals surface area contributed by atoms with Gasteiger partial charge >= 0.3 is 0 Å². The third-order valence-electron chi connectivity index (χ3n) is 3.13. The first kappa shape index (κ1) is 12.5. The Hall–Kier alpha value is -2.55. The van der Waals surface area contributed by atoms with Crippen LogP contribution in [0.4, 0.5) is 0 Å². The molecule has 3 aromatic rings. The average Bonchev–Trinajstić information content (AvgIpc) is 3.00. The van der Waals surface area contributed by atoms with Crippen molar-refractivity contribution in [2.24, 2.45) is 0 Å². The van der Waals surface area contributed by atoms with Gasteiger partial charge in [-0.25, -0.2) is 0 Å². The molecule has 0 aliphatic carbocycles. The summed E-state index contributed by atoms with van der Waals surface area (Å²) >= 11 is 0. The monoisotopic (exact) mass is 266 g/mol. The van der Waals surface area contributed by atoms with Crippen molar-refractivity contribution in [2.75, 3.05) is 0 Å². The van der Waals surface area contributed by atoms with E-state index in [0.29, 0.717) is 11.2 Å². The summed E-state index contributed by atoms with van der Waals surface area (Å²) in [5.41, 5.74) is 4.78. The van der Waals surface area contributed by atoms with E-state index in [1.807, 2.05) is 38.1 Å². The number of furan rings is 2. The lowest BCUT2D eigenvalue weighted by atomic mass is 10.2. The molecule has 0 aliphatic rings. The van der Waals surface area contributed by atoms with Gasteiger partial charge < -0.3 is 8.83 Å². The van der Waals surface area contributed by atoms with Gasteiger partial charge in [-0.1, -0.05) is 0 Å². The summed E-state index contributed by atoms with van der Waals surface area (Å²) in [6.07, 6.45) is 0. The summed E-state index contributed by atoms with van der Waals surface area (Å²) in [6.45, 7) is 3.96. The Balaban J connectivity index is 2.48. The Morgan fingerprint density at radius 3 is 1.90 bits per heavy atom. The lowest BCUT2D eigenvalue weighted by Crippen LogP contribution is -1.88. The summed E-state index contributed by atoms with van der Waals surface area (Å²) in [5, 5.41) is 0. The van der Waals surface area contributed by atoms with Crippen LogP contribution in [0.15, 0.2) is 62.2 Å². The van der Waals surface area contributed by atoms with Gasteiger partial charge in [0.2, 0.25) is 0 Å². The molecule has 0 atom stereocenters. The van der Waals surface area contributed by atoms with Crippen LogP contribution in [0.5, 0.6) is 0 Å². The van der Waals surface area contributed by atoms with Crippen LogP contribution in [0, 0.1) is 13.8 Å². The van der Waals surface area contributed by atoms with Crippen molar-refractivity contribution in [1.82, 2.24) is 0 Å². The molecule has 20 heavy (non-hydrogen) atoms. The minimum atomic E-state index is -0.109. The highest BCUT2D eigenvalue weighted by atomic mass is 16.3. The van der Waals surface area contributed by atoms with Crippen molar-refractivity contribution in [1.29, 1.82) is 0 Å². The molecule has 0 saturated heterocycles. The van der Waals surface area contributed by atoms with E-state index in [2.05, 4.69) is 0 Å². The lowest BCUT2D eigenvalue weighted by Gasteiger charge is -1.89. The Kier molecular flexibility index (Phi) is 3.03. The summed E-state index contributed by atoms with van der Waals surface area (Å²) in [6, 6.07) is 13.9. The second-order valence-electron chi connectivity index (χ2n) is 4.80. The molecule has 3 rings (SSSR count). The molecular formula is C17H14O3. The molecule has 3 heteroatoms. The number of hydrogen-bond acceptors (Lipinski definition) is 3. The smallest absolute Gasteiger partial charge is 0.178 e. The van der Waals surface area contributed by atoms with E-state index in [1.165, 1.54) is 12.1 Å². The number of hydrogen-bond donors (Lipinski definition) is 0. The van der Waals surface area contributed by atoms with Crippen molar-refractivity contribution >= 4 is 22.3 Å². The summed E-state index contributed by atoms with van der Waals surface area (Å²) in [7, 11) is 0. The molecule has 4 bridgehead atoms. The van der Waals surface area contributed by atoms with Gasteiger partial charge in [-0.15, -0.1) is 0 Å². The van der Waals surface area contributed by atoms with Crippen LogP contribution in [0.3, 0.4) is 0 Å². The SMILES string of the molecule is Cc1cc2ccc(ccc(=O)ccc3cc(C)c1o3)o2. The fraction of sp³-hybridized carbons (Fsp3) is 0.118. The predicted octanol–water partition coefficient (Wildman–Crippen LogP) is 4.28. The molecule has 3 aromatic heterocycles. The average molecular weight is 266 g/mol. The Bertz CT molecular complexity index is 899. The standard InChI is InChI=1S/C17H14O3/c1-11-9-15-8-7-14(19-15)5-3-13(18)4-6-16-10-12(2)17(11)20-16/h3-10H,1-2H3. The first-order valence-electron chi connectivity index (χ1n) is 6.41. The van der Waals surface area contributed by atoms with Gasteiger partial charge in [-0.2, -0.15) is 0 Å². The maximum atomic E-state index is 11.7. The first-order valence-corrected chi connectivity index (χ1v) is 6.41. The molecule has 100 valence electrons. The molecular weight excluding hydrogens is 252 g/mol. The fourth-order valence-electron chi connectivity index (χ4n) is 2.18. The van der Waals surface area contributed by atoms with E-state index in [4.69, 9.17) is 8.83 Å². The highest BCUT2D eigenvalue weighted by molar-refractivity contribution is 5.65. The molecule has 3 nitrogen and oxygen atoms in total.